The number of hydrogen-bond acceptors (Lipinski definition) is 7. The van der Waals surface area contributed by atoms with Gasteiger partial charge in [-0.05, 0) is 63.1 Å². The van der Waals surface area contributed by atoms with Crippen molar-refractivity contribution in [1.82, 2.24) is 24.4 Å². The van der Waals surface area contributed by atoms with E-state index in [1.54, 1.807) is 17.9 Å². The number of carbonyl (C=O) groups is 1. The molecule has 5 rings (SSSR count). The smallest absolute Gasteiger partial charge is 0.351 e. The molecule has 4 heterocycles. The fourth-order valence-electron chi connectivity index (χ4n) is 5.48. The Balaban J connectivity index is 1.88. The molecular weight excluding hydrogens is 613 g/mol. The van der Waals surface area contributed by atoms with E-state index in [4.69, 9.17) is 11.6 Å². The number of aryl methyl sites for hydroxylation is 1. The van der Waals surface area contributed by atoms with Crippen LogP contribution in [0.1, 0.15) is 12.5 Å². The molecule has 0 saturated carbocycles. The minimum Gasteiger partial charge on any atom is -0.351 e. The van der Waals surface area contributed by atoms with Crippen LogP contribution < -0.4 is 16.0 Å². The Labute approximate surface area is 255 Å². The van der Waals surface area contributed by atoms with Gasteiger partial charge in [-0.2, -0.15) is 4.98 Å². The molecule has 9 nitrogen and oxygen atoms in total. The molecule has 1 amide bonds. The number of benzene rings is 1. The molecule has 0 bridgehead atoms. The van der Waals surface area contributed by atoms with E-state index in [0.717, 1.165) is 10.6 Å². The number of pyridine rings is 2. The van der Waals surface area contributed by atoms with Crippen molar-refractivity contribution >= 4 is 57.2 Å². The van der Waals surface area contributed by atoms with Crippen LogP contribution in [0.2, 0.25) is 5.02 Å². The van der Waals surface area contributed by atoms with E-state index in [1.807, 2.05) is 11.8 Å². The number of piperazine rings is 1. The lowest BCUT2D eigenvalue weighted by atomic mass is 10.1. The largest absolute Gasteiger partial charge is 0.355 e. The van der Waals surface area contributed by atoms with Crippen LogP contribution in [-0.4, -0.2) is 78.7 Å². The van der Waals surface area contributed by atoms with E-state index in [1.165, 1.54) is 43.8 Å². The summed E-state index contributed by atoms with van der Waals surface area (Å²) < 4.78 is 45.5. The van der Waals surface area contributed by atoms with Gasteiger partial charge in [0.2, 0.25) is 5.91 Å². The van der Waals surface area contributed by atoms with E-state index in [2.05, 4.69) is 21.5 Å². The predicted molar refractivity (Wildman–Crippen MR) is 170 cm³/mol. The number of carbonyl (C=O) groups excluding carboxylic acids is 1. The first-order chi connectivity index (χ1) is 20.2. The van der Waals surface area contributed by atoms with Crippen LogP contribution in [0.3, 0.4) is 0 Å². The quantitative estimate of drug-likeness (QED) is 0.187. The molecule has 224 valence electrons. The molecule has 14 heteroatoms. The summed E-state index contributed by atoms with van der Waals surface area (Å²) in [6, 6.07) is 6.78. The van der Waals surface area contributed by atoms with Gasteiger partial charge in [0.25, 0.3) is 0 Å². The second-order valence-corrected chi connectivity index (χ2v) is 17.1. The molecule has 0 unspecified atom stereocenters. The summed E-state index contributed by atoms with van der Waals surface area (Å²) in [6.07, 6.45) is 2.75. The molecule has 1 aromatic carbocycles. The van der Waals surface area contributed by atoms with Crippen molar-refractivity contribution in [3.63, 3.8) is 0 Å². The SMILES string of the molecule is C=CC(=O)N1CCN(c2nc(=O)n(-c3c(C)ccnc3P(C)(C)=O)c3nc(-c4c(F)cccc4Cl)c(F)cc23)[C@@](C)([SiH3])C1. The third kappa shape index (κ3) is 5.43. The first-order valence-corrected chi connectivity index (χ1v) is 17.4. The summed E-state index contributed by atoms with van der Waals surface area (Å²) >= 11 is 6.31. The average molecular weight is 643 g/mol. The Bertz CT molecular complexity index is 1910. The van der Waals surface area contributed by atoms with Gasteiger partial charge in [-0.15, -0.1) is 0 Å². The summed E-state index contributed by atoms with van der Waals surface area (Å²) in [4.78, 5) is 43.3. The Kier molecular flexibility index (Phi) is 7.91. The zero-order valence-electron chi connectivity index (χ0n) is 24.4. The van der Waals surface area contributed by atoms with Crippen molar-refractivity contribution in [1.29, 1.82) is 0 Å². The molecule has 4 aromatic rings. The van der Waals surface area contributed by atoms with Gasteiger partial charge >= 0.3 is 5.69 Å². The molecule has 1 fully saturated rings. The molecule has 1 atom stereocenters. The zero-order chi connectivity index (χ0) is 31.4. The van der Waals surface area contributed by atoms with Gasteiger partial charge in [0.1, 0.15) is 29.9 Å². The number of rotatable bonds is 5. The van der Waals surface area contributed by atoms with Crippen molar-refractivity contribution in [2.24, 2.45) is 0 Å². The Hall–Kier alpha value is -3.73. The van der Waals surface area contributed by atoms with Crippen LogP contribution in [0.4, 0.5) is 14.6 Å². The van der Waals surface area contributed by atoms with Crippen LogP contribution in [0.25, 0.3) is 28.0 Å². The lowest BCUT2D eigenvalue weighted by Gasteiger charge is -2.48. The Morgan fingerprint density at radius 1 is 1.19 bits per heavy atom. The van der Waals surface area contributed by atoms with E-state index in [9.17, 15) is 14.2 Å². The van der Waals surface area contributed by atoms with Crippen LogP contribution in [0.15, 0.2) is 54.0 Å². The molecule has 43 heavy (non-hydrogen) atoms. The minimum absolute atomic E-state index is 0.0291. The van der Waals surface area contributed by atoms with Crippen molar-refractivity contribution < 1.29 is 18.1 Å². The Morgan fingerprint density at radius 3 is 2.53 bits per heavy atom. The maximum atomic E-state index is 16.0. The Morgan fingerprint density at radius 2 is 1.91 bits per heavy atom. The summed E-state index contributed by atoms with van der Waals surface area (Å²) in [7, 11) is -2.50. The third-order valence-corrected chi connectivity index (χ3v) is 10.0. The number of aromatic nitrogens is 4. The molecule has 1 saturated heterocycles. The van der Waals surface area contributed by atoms with Gasteiger partial charge in [0.15, 0.2) is 11.5 Å². The van der Waals surface area contributed by atoms with Crippen molar-refractivity contribution in [3.05, 3.63) is 81.9 Å². The molecule has 3 aromatic heterocycles. The number of halogens is 3. The number of hydrogen-bond donors (Lipinski definition) is 0. The number of anilines is 1. The fourth-order valence-corrected chi connectivity index (χ4v) is 7.68. The minimum atomic E-state index is -3.05. The standard InChI is InChI=1S/C29H30ClF2N6O3PSi/c1-6-21(39)36-12-13-37(29(3,43)15-36)25-17-14-20(32)23(22-18(30)8-7-9-19(22)31)34-26(17)38(28(40)35-25)24-16(2)10-11-33-27(24)42(4,5)41/h6-11,14H,1,12-13,15H2,2-5,43H3/t29-/m0/s1. The highest BCUT2D eigenvalue weighted by Gasteiger charge is 2.38. The van der Waals surface area contributed by atoms with Crippen LogP contribution in [-0.2, 0) is 9.36 Å². The number of amides is 1. The van der Waals surface area contributed by atoms with Gasteiger partial charge in [0.05, 0.1) is 21.7 Å². The fraction of sp³-hybridized carbons (Fsp3) is 0.276. The van der Waals surface area contributed by atoms with Gasteiger partial charge in [-0.1, -0.05) is 24.2 Å². The zero-order valence-corrected chi connectivity index (χ0v) is 28.0. The summed E-state index contributed by atoms with van der Waals surface area (Å²) in [5.41, 5.74) is -0.498. The second kappa shape index (κ2) is 11.1. The lowest BCUT2D eigenvalue weighted by molar-refractivity contribution is -0.127. The van der Waals surface area contributed by atoms with Gasteiger partial charge < -0.3 is 14.4 Å². The van der Waals surface area contributed by atoms with E-state index < -0.39 is 35.3 Å². The maximum Gasteiger partial charge on any atom is 0.355 e. The van der Waals surface area contributed by atoms with Gasteiger partial charge in [-0.3, -0.25) is 9.78 Å². The normalized spacial score (nSPS) is 17.5. The van der Waals surface area contributed by atoms with Crippen LogP contribution in [0, 0.1) is 18.6 Å². The van der Waals surface area contributed by atoms with Gasteiger partial charge in [-0.25, -0.2) is 23.1 Å². The molecule has 0 radical (unpaired) electrons. The predicted octanol–water partition coefficient (Wildman–Crippen LogP) is 3.25. The van der Waals surface area contributed by atoms with E-state index in [-0.39, 0.29) is 44.5 Å². The van der Waals surface area contributed by atoms with Crippen molar-refractivity contribution in [2.75, 3.05) is 37.9 Å². The average Bonchev–Trinajstić information content (AvgIpc) is 2.92. The molecule has 1 aliphatic heterocycles. The van der Waals surface area contributed by atoms with Gasteiger partial charge in [0, 0.05) is 41.2 Å². The highest BCUT2D eigenvalue weighted by Crippen LogP contribution is 2.39. The molecule has 1 aliphatic rings. The van der Waals surface area contributed by atoms with Crippen LogP contribution in [0.5, 0.6) is 0 Å². The molecule has 0 spiro atoms. The first-order valence-electron chi connectivity index (χ1n) is 13.4. The summed E-state index contributed by atoms with van der Waals surface area (Å²) in [6.45, 7) is 11.3. The maximum absolute atomic E-state index is 16.0. The molecule has 0 aliphatic carbocycles. The second-order valence-electron chi connectivity index (χ2n) is 11.4. The summed E-state index contributed by atoms with van der Waals surface area (Å²) in [5, 5.41) is -0.485. The monoisotopic (exact) mass is 642 g/mol. The topological polar surface area (TPSA) is 101 Å². The number of nitrogens with zero attached hydrogens (tertiary/aromatic N) is 6. The molecular formula is C29H30ClF2N6O3PSi. The number of fused-ring (bicyclic) bond motifs is 1. The first kappa shape index (κ1) is 30.7. The van der Waals surface area contributed by atoms with Crippen molar-refractivity contribution in [2.45, 2.75) is 19.0 Å². The highest BCUT2D eigenvalue weighted by molar-refractivity contribution is 7.70. The van der Waals surface area contributed by atoms with E-state index in [0.29, 0.717) is 35.4 Å². The van der Waals surface area contributed by atoms with Crippen LogP contribution >= 0.6 is 18.7 Å². The lowest BCUT2D eigenvalue weighted by Crippen LogP contribution is -2.63. The third-order valence-electron chi connectivity index (χ3n) is 7.49. The summed E-state index contributed by atoms with van der Waals surface area (Å²) in [5.74, 6) is -1.70. The van der Waals surface area contributed by atoms with E-state index >= 15 is 8.78 Å². The molecule has 0 N–H and O–H groups in total. The van der Waals surface area contributed by atoms with Crippen molar-refractivity contribution in [3.8, 4) is 16.9 Å². The highest BCUT2D eigenvalue weighted by atomic mass is 35.5.